The summed E-state index contributed by atoms with van der Waals surface area (Å²) in [4.78, 5) is 22.9. The molecule has 0 fully saturated rings. The average molecular weight is 373 g/mol. The van der Waals surface area contributed by atoms with Gasteiger partial charge in [0.25, 0.3) is 0 Å². The van der Waals surface area contributed by atoms with Gasteiger partial charge in [-0.05, 0) is 26.3 Å². The van der Waals surface area contributed by atoms with E-state index in [1.807, 2.05) is 55.5 Å². The Hall–Kier alpha value is -2.60. The standard InChI is InChI=1S/C19H21ClN4O2/c1-13-15-10-21-16(20)11-24(15)17(22-13)19(2,3)23(4)18(25)26-12-14-8-6-5-7-9-14/h5-11H,12H2,1-4H3. The van der Waals surface area contributed by atoms with Crippen molar-refractivity contribution in [3.8, 4) is 0 Å². The van der Waals surface area contributed by atoms with Crippen LogP contribution in [0.2, 0.25) is 5.15 Å². The molecule has 0 unspecified atom stereocenters. The molecule has 2 heterocycles. The Morgan fingerprint density at radius 2 is 2.00 bits per heavy atom. The number of hydrogen-bond acceptors (Lipinski definition) is 4. The van der Waals surface area contributed by atoms with Crippen LogP contribution in [0.3, 0.4) is 0 Å². The number of aromatic nitrogens is 3. The summed E-state index contributed by atoms with van der Waals surface area (Å²) in [5, 5.41) is 0.362. The Morgan fingerprint density at radius 1 is 1.31 bits per heavy atom. The Bertz CT molecular complexity index is 937. The van der Waals surface area contributed by atoms with Gasteiger partial charge in [0.2, 0.25) is 0 Å². The minimum absolute atomic E-state index is 0.219. The van der Waals surface area contributed by atoms with E-state index in [0.29, 0.717) is 11.0 Å². The molecular formula is C19H21ClN4O2. The zero-order valence-electron chi connectivity index (χ0n) is 15.2. The number of halogens is 1. The molecule has 0 N–H and O–H groups in total. The fourth-order valence-corrected chi connectivity index (χ4v) is 2.88. The molecule has 0 atom stereocenters. The summed E-state index contributed by atoms with van der Waals surface area (Å²) in [6.45, 7) is 5.95. The summed E-state index contributed by atoms with van der Waals surface area (Å²) >= 11 is 6.04. The maximum Gasteiger partial charge on any atom is 0.410 e. The van der Waals surface area contributed by atoms with Gasteiger partial charge in [0, 0.05) is 13.2 Å². The highest BCUT2D eigenvalue weighted by Gasteiger charge is 2.35. The number of carbonyl (C=O) groups excluding carboxylic acids is 1. The van der Waals surface area contributed by atoms with E-state index in [1.165, 1.54) is 0 Å². The van der Waals surface area contributed by atoms with Gasteiger partial charge in [0.15, 0.2) is 0 Å². The van der Waals surface area contributed by atoms with E-state index in [-0.39, 0.29) is 6.61 Å². The molecule has 3 rings (SSSR count). The van der Waals surface area contributed by atoms with Crippen molar-refractivity contribution in [2.75, 3.05) is 7.05 Å². The summed E-state index contributed by atoms with van der Waals surface area (Å²) in [5.41, 5.74) is 1.90. The van der Waals surface area contributed by atoms with Gasteiger partial charge in [-0.15, -0.1) is 0 Å². The highest BCUT2D eigenvalue weighted by atomic mass is 35.5. The maximum atomic E-state index is 12.6. The molecule has 0 aliphatic carbocycles. The van der Waals surface area contributed by atoms with Gasteiger partial charge in [0.05, 0.1) is 22.9 Å². The molecule has 3 aromatic rings. The number of carbonyl (C=O) groups is 1. The van der Waals surface area contributed by atoms with E-state index in [9.17, 15) is 4.79 Å². The van der Waals surface area contributed by atoms with Crippen molar-refractivity contribution >= 4 is 23.2 Å². The first-order valence-electron chi connectivity index (χ1n) is 8.26. The fourth-order valence-electron chi connectivity index (χ4n) is 2.73. The Labute approximate surface area is 157 Å². The second-order valence-corrected chi connectivity index (χ2v) is 7.03. The lowest BCUT2D eigenvalue weighted by atomic mass is 10.0. The van der Waals surface area contributed by atoms with E-state index < -0.39 is 11.6 Å². The van der Waals surface area contributed by atoms with Gasteiger partial charge < -0.3 is 4.74 Å². The number of ether oxygens (including phenoxy) is 1. The van der Waals surface area contributed by atoms with Gasteiger partial charge in [-0.25, -0.2) is 14.8 Å². The molecule has 6 nitrogen and oxygen atoms in total. The average Bonchev–Trinajstić information content (AvgIpc) is 2.96. The number of hydrogen-bond donors (Lipinski definition) is 0. The van der Waals surface area contributed by atoms with Crippen LogP contribution in [0.4, 0.5) is 4.79 Å². The topological polar surface area (TPSA) is 59.7 Å². The van der Waals surface area contributed by atoms with Gasteiger partial charge in [-0.2, -0.15) is 0 Å². The highest BCUT2D eigenvalue weighted by molar-refractivity contribution is 6.29. The van der Waals surface area contributed by atoms with E-state index in [2.05, 4.69) is 9.97 Å². The number of benzene rings is 1. The zero-order chi connectivity index (χ0) is 18.9. The number of rotatable bonds is 4. The number of amides is 1. The summed E-state index contributed by atoms with van der Waals surface area (Å²) in [6.07, 6.45) is 2.96. The summed E-state index contributed by atoms with van der Waals surface area (Å²) in [7, 11) is 1.70. The quantitative estimate of drug-likeness (QED) is 0.688. The van der Waals surface area contributed by atoms with Crippen molar-refractivity contribution in [2.24, 2.45) is 0 Å². The molecule has 2 aromatic heterocycles. The number of nitrogens with zero attached hydrogens (tertiary/aromatic N) is 4. The van der Waals surface area contributed by atoms with Crippen molar-refractivity contribution in [1.29, 1.82) is 0 Å². The first kappa shape index (κ1) is 18.2. The second-order valence-electron chi connectivity index (χ2n) is 6.64. The van der Waals surface area contributed by atoms with Crippen molar-refractivity contribution in [3.63, 3.8) is 0 Å². The number of fused-ring (bicyclic) bond motifs is 1. The third-order valence-electron chi connectivity index (χ3n) is 4.54. The Morgan fingerprint density at radius 3 is 2.69 bits per heavy atom. The molecule has 0 saturated heterocycles. The van der Waals surface area contributed by atoms with Gasteiger partial charge in [0.1, 0.15) is 17.6 Å². The van der Waals surface area contributed by atoms with E-state index in [1.54, 1.807) is 24.3 Å². The maximum absolute atomic E-state index is 12.6. The van der Waals surface area contributed by atoms with Crippen molar-refractivity contribution in [3.05, 3.63) is 65.0 Å². The molecule has 136 valence electrons. The van der Waals surface area contributed by atoms with Crippen LogP contribution in [-0.4, -0.2) is 32.4 Å². The molecule has 0 saturated carbocycles. The summed E-state index contributed by atoms with van der Waals surface area (Å²) < 4.78 is 7.32. The summed E-state index contributed by atoms with van der Waals surface area (Å²) in [6, 6.07) is 9.58. The van der Waals surface area contributed by atoms with E-state index in [4.69, 9.17) is 16.3 Å². The molecule has 0 aliphatic heterocycles. The first-order valence-corrected chi connectivity index (χ1v) is 8.63. The second kappa shape index (κ2) is 6.96. The fraction of sp³-hybridized carbons (Fsp3) is 0.316. The third-order valence-corrected chi connectivity index (χ3v) is 4.74. The van der Waals surface area contributed by atoms with Crippen LogP contribution in [0, 0.1) is 6.92 Å². The normalized spacial score (nSPS) is 11.6. The third kappa shape index (κ3) is 3.37. The summed E-state index contributed by atoms with van der Waals surface area (Å²) in [5.74, 6) is 0.688. The molecule has 0 spiro atoms. The van der Waals surface area contributed by atoms with Crippen LogP contribution >= 0.6 is 11.6 Å². The molecule has 1 amide bonds. The van der Waals surface area contributed by atoms with Crippen LogP contribution in [0.25, 0.3) is 5.52 Å². The van der Waals surface area contributed by atoms with Gasteiger partial charge >= 0.3 is 6.09 Å². The Kier molecular flexibility index (Phi) is 4.87. The lowest BCUT2D eigenvalue weighted by Crippen LogP contribution is -2.44. The van der Waals surface area contributed by atoms with Crippen molar-refractivity contribution in [1.82, 2.24) is 19.3 Å². The van der Waals surface area contributed by atoms with Crippen LogP contribution in [0.15, 0.2) is 42.7 Å². The molecule has 26 heavy (non-hydrogen) atoms. The predicted octanol–water partition coefficient (Wildman–Crippen LogP) is 4.19. The molecular weight excluding hydrogens is 352 g/mol. The zero-order valence-corrected chi connectivity index (χ0v) is 16.0. The van der Waals surface area contributed by atoms with Gasteiger partial charge in [-0.3, -0.25) is 9.30 Å². The minimum Gasteiger partial charge on any atom is -0.445 e. The van der Waals surface area contributed by atoms with Crippen molar-refractivity contribution in [2.45, 2.75) is 32.9 Å². The van der Waals surface area contributed by atoms with Crippen LogP contribution in [-0.2, 0) is 16.9 Å². The van der Waals surface area contributed by atoms with E-state index >= 15 is 0 Å². The van der Waals surface area contributed by atoms with Crippen molar-refractivity contribution < 1.29 is 9.53 Å². The highest BCUT2D eigenvalue weighted by Crippen LogP contribution is 2.29. The number of imidazole rings is 1. The molecule has 1 aromatic carbocycles. The molecule has 0 aliphatic rings. The van der Waals surface area contributed by atoms with Gasteiger partial charge in [-0.1, -0.05) is 41.9 Å². The SMILES string of the molecule is Cc1nc(C(C)(C)N(C)C(=O)OCc2ccccc2)n2cc(Cl)ncc12. The molecule has 0 radical (unpaired) electrons. The first-order chi connectivity index (χ1) is 12.3. The lowest BCUT2D eigenvalue weighted by Gasteiger charge is -2.33. The largest absolute Gasteiger partial charge is 0.445 e. The van der Waals surface area contributed by atoms with Crippen LogP contribution in [0.1, 0.15) is 30.9 Å². The molecule has 0 bridgehead atoms. The Balaban J connectivity index is 1.85. The lowest BCUT2D eigenvalue weighted by molar-refractivity contribution is 0.0668. The van der Waals surface area contributed by atoms with Crippen LogP contribution < -0.4 is 0 Å². The van der Waals surface area contributed by atoms with Crippen LogP contribution in [0.5, 0.6) is 0 Å². The number of aryl methyl sites for hydroxylation is 1. The monoisotopic (exact) mass is 372 g/mol. The molecule has 7 heteroatoms. The predicted molar refractivity (Wildman–Crippen MR) is 100 cm³/mol. The van der Waals surface area contributed by atoms with E-state index in [0.717, 1.165) is 16.8 Å². The smallest absolute Gasteiger partial charge is 0.410 e. The minimum atomic E-state index is -0.713.